The maximum absolute atomic E-state index is 9.77. The second-order valence-electron chi connectivity index (χ2n) is 3.66. The quantitative estimate of drug-likeness (QED) is 0.793. The molecule has 17 heavy (non-hydrogen) atoms. The van der Waals surface area contributed by atoms with Crippen LogP contribution in [0.25, 0.3) is 0 Å². The Kier molecular flexibility index (Phi) is 3.88. The molecule has 2 aromatic carbocycles. The number of rotatable bonds is 4. The zero-order valence-electron chi connectivity index (χ0n) is 9.23. The Bertz CT molecular complexity index is 398. The van der Waals surface area contributed by atoms with Crippen LogP contribution in [0.2, 0.25) is 0 Å². The van der Waals surface area contributed by atoms with Gasteiger partial charge in [-0.25, -0.2) is 0 Å². The van der Waals surface area contributed by atoms with Gasteiger partial charge in [-0.3, -0.25) is 0 Å². The van der Waals surface area contributed by atoms with Gasteiger partial charge in [-0.05, 0) is 0 Å². The number of aliphatic hydroxyl groups excluding tert-OH is 2. The molecule has 2 unspecified atom stereocenters. The first-order valence-electron chi connectivity index (χ1n) is 5.39. The first-order valence-corrected chi connectivity index (χ1v) is 5.39. The van der Waals surface area contributed by atoms with Gasteiger partial charge in [0.15, 0.2) is 12.6 Å². The molecule has 0 aliphatic heterocycles. The largest absolute Gasteiger partial charge is 0.364 e. The third-order valence-electron chi connectivity index (χ3n) is 2.43. The lowest BCUT2D eigenvalue weighted by molar-refractivity contribution is -0.215. The highest BCUT2D eigenvalue weighted by atomic mass is 16.7. The fraction of sp³-hybridized carbons (Fsp3) is 0.143. The van der Waals surface area contributed by atoms with Gasteiger partial charge >= 0.3 is 0 Å². The molecule has 0 fully saturated rings. The van der Waals surface area contributed by atoms with E-state index in [1.54, 1.807) is 48.5 Å². The Morgan fingerprint density at radius 1 is 0.647 bits per heavy atom. The lowest BCUT2D eigenvalue weighted by Gasteiger charge is -2.17. The zero-order valence-corrected chi connectivity index (χ0v) is 9.23. The molecule has 2 atom stereocenters. The van der Waals surface area contributed by atoms with Crippen LogP contribution in [-0.4, -0.2) is 10.2 Å². The van der Waals surface area contributed by atoms with Crippen LogP contribution < -0.4 is 0 Å². The molecule has 0 bridgehead atoms. The smallest absolute Gasteiger partial charge is 0.184 e. The molecule has 0 aliphatic carbocycles. The maximum atomic E-state index is 9.77. The standard InChI is InChI=1S/C14H14O3/c15-13(11-7-3-1-4-8-11)17-14(16)12-9-5-2-6-10-12/h1-10,13-16H. The van der Waals surface area contributed by atoms with Crippen molar-refractivity contribution in [2.75, 3.05) is 0 Å². The number of hydrogen-bond acceptors (Lipinski definition) is 3. The van der Waals surface area contributed by atoms with Gasteiger partial charge in [-0.1, -0.05) is 60.7 Å². The van der Waals surface area contributed by atoms with Gasteiger partial charge in [0, 0.05) is 11.1 Å². The van der Waals surface area contributed by atoms with E-state index in [9.17, 15) is 10.2 Å². The summed E-state index contributed by atoms with van der Waals surface area (Å²) in [5.41, 5.74) is 1.23. The van der Waals surface area contributed by atoms with E-state index in [4.69, 9.17) is 4.74 Å². The average Bonchev–Trinajstić information content (AvgIpc) is 2.40. The van der Waals surface area contributed by atoms with Crippen LogP contribution in [0.3, 0.4) is 0 Å². The summed E-state index contributed by atoms with van der Waals surface area (Å²) in [6, 6.07) is 17.9. The zero-order chi connectivity index (χ0) is 12.1. The first-order chi connectivity index (χ1) is 8.27. The van der Waals surface area contributed by atoms with Crippen molar-refractivity contribution in [1.82, 2.24) is 0 Å². The summed E-state index contributed by atoms with van der Waals surface area (Å²) >= 11 is 0. The van der Waals surface area contributed by atoms with E-state index in [0.29, 0.717) is 11.1 Å². The van der Waals surface area contributed by atoms with Crippen molar-refractivity contribution in [2.45, 2.75) is 12.6 Å². The molecule has 0 amide bonds. The normalized spacial score (nSPS) is 14.2. The highest BCUT2D eigenvalue weighted by molar-refractivity contribution is 5.17. The molecule has 0 aromatic heterocycles. The monoisotopic (exact) mass is 230 g/mol. The van der Waals surface area contributed by atoms with Crippen molar-refractivity contribution in [3.8, 4) is 0 Å². The Morgan fingerprint density at radius 2 is 1.00 bits per heavy atom. The SMILES string of the molecule is OC(OC(O)c1ccccc1)c1ccccc1. The second kappa shape index (κ2) is 5.59. The van der Waals surface area contributed by atoms with Crippen LogP contribution in [0.15, 0.2) is 60.7 Å². The van der Waals surface area contributed by atoms with Gasteiger partial charge in [-0.2, -0.15) is 0 Å². The minimum Gasteiger partial charge on any atom is -0.364 e. The van der Waals surface area contributed by atoms with E-state index in [0.717, 1.165) is 0 Å². The van der Waals surface area contributed by atoms with Crippen LogP contribution in [0.1, 0.15) is 23.7 Å². The Labute approximate surface area is 99.9 Å². The number of aliphatic hydroxyl groups is 2. The van der Waals surface area contributed by atoms with Crippen LogP contribution >= 0.6 is 0 Å². The molecule has 2 aromatic rings. The minimum atomic E-state index is -1.13. The minimum absolute atomic E-state index is 0.613. The van der Waals surface area contributed by atoms with E-state index >= 15 is 0 Å². The molecule has 2 rings (SSSR count). The van der Waals surface area contributed by atoms with Crippen LogP contribution in [0.5, 0.6) is 0 Å². The summed E-state index contributed by atoms with van der Waals surface area (Å²) in [4.78, 5) is 0. The first kappa shape index (κ1) is 11.8. The molecule has 3 heteroatoms. The van der Waals surface area contributed by atoms with Gasteiger partial charge in [0.2, 0.25) is 0 Å². The molecule has 88 valence electrons. The van der Waals surface area contributed by atoms with Crippen LogP contribution in [-0.2, 0) is 4.74 Å². The predicted molar refractivity (Wildman–Crippen MR) is 63.9 cm³/mol. The molecule has 2 N–H and O–H groups in total. The predicted octanol–water partition coefficient (Wildman–Crippen LogP) is 2.39. The van der Waals surface area contributed by atoms with Crippen molar-refractivity contribution in [3.05, 3.63) is 71.8 Å². The molecule has 0 saturated carbocycles. The van der Waals surface area contributed by atoms with E-state index in [1.807, 2.05) is 12.1 Å². The Morgan fingerprint density at radius 3 is 1.35 bits per heavy atom. The summed E-state index contributed by atoms with van der Waals surface area (Å²) < 4.78 is 5.13. The summed E-state index contributed by atoms with van der Waals surface area (Å²) in [5, 5.41) is 19.5. The second-order valence-corrected chi connectivity index (χ2v) is 3.66. The van der Waals surface area contributed by atoms with Gasteiger partial charge in [0.05, 0.1) is 0 Å². The van der Waals surface area contributed by atoms with Crippen molar-refractivity contribution >= 4 is 0 Å². The Balaban J connectivity index is 2.02. The fourth-order valence-corrected chi connectivity index (χ4v) is 1.51. The topological polar surface area (TPSA) is 49.7 Å². The highest BCUT2D eigenvalue weighted by Crippen LogP contribution is 2.22. The molecular formula is C14H14O3. The maximum Gasteiger partial charge on any atom is 0.184 e. The van der Waals surface area contributed by atoms with E-state index < -0.39 is 12.6 Å². The summed E-state index contributed by atoms with van der Waals surface area (Å²) in [6.45, 7) is 0. The van der Waals surface area contributed by atoms with E-state index in [-0.39, 0.29) is 0 Å². The van der Waals surface area contributed by atoms with Crippen molar-refractivity contribution in [1.29, 1.82) is 0 Å². The van der Waals surface area contributed by atoms with Crippen molar-refractivity contribution in [2.24, 2.45) is 0 Å². The van der Waals surface area contributed by atoms with E-state index in [2.05, 4.69) is 0 Å². The molecule has 0 radical (unpaired) electrons. The van der Waals surface area contributed by atoms with Gasteiger partial charge in [0.1, 0.15) is 0 Å². The van der Waals surface area contributed by atoms with Crippen LogP contribution in [0.4, 0.5) is 0 Å². The fourth-order valence-electron chi connectivity index (χ4n) is 1.51. The average molecular weight is 230 g/mol. The number of hydrogen-bond donors (Lipinski definition) is 2. The number of benzene rings is 2. The van der Waals surface area contributed by atoms with Gasteiger partial charge in [-0.15, -0.1) is 0 Å². The third-order valence-corrected chi connectivity index (χ3v) is 2.43. The number of ether oxygens (including phenoxy) is 1. The lowest BCUT2D eigenvalue weighted by atomic mass is 10.2. The highest BCUT2D eigenvalue weighted by Gasteiger charge is 2.14. The summed E-state index contributed by atoms with van der Waals surface area (Å²) in [7, 11) is 0. The molecule has 0 spiro atoms. The van der Waals surface area contributed by atoms with Gasteiger partial charge < -0.3 is 14.9 Å². The summed E-state index contributed by atoms with van der Waals surface area (Å²) in [6.07, 6.45) is -2.27. The molecule has 0 heterocycles. The Hall–Kier alpha value is -1.68. The van der Waals surface area contributed by atoms with Gasteiger partial charge in [0.25, 0.3) is 0 Å². The van der Waals surface area contributed by atoms with E-state index in [1.165, 1.54) is 0 Å². The lowest BCUT2D eigenvalue weighted by Crippen LogP contribution is -2.09. The molecule has 3 nitrogen and oxygen atoms in total. The molecular weight excluding hydrogens is 216 g/mol. The molecule has 0 saturated heterocycles. The summed E-state index contributed by atoms with van der Waals surface area (Å²) in [5.74, 6) is 0. The molecule has 0 aliphatic rings. The van der Waals surface area contributed by atoms with Crippen molar-refractivity contribution < 1.29 is 14.9 Å². The van der Waals surface area contributed by atoms with Crippen molar-refractivity contribution in [3.63, 3.8) is 0 Å². The third kappa shape index (κ3) is 3.14. The van der Waals surface area contributed by atoms with Crippen LogP contribution in [0, 0.1) is 0 Å².